The van der Waals surface area contributed by atoms with Gasteiger partial charge in [0.1, 0.15) is 6.10 Å². The molecule has 0 spiro atoms. The minimum Gasteiger partial charge on any atom is -0.478 e. The van der Waals surface area contributed by atoms with Crippen molar-refractivity contribution in [2.24, 2.45) is 0 Å². The predicted molar refractivity (Wildman–Crippen MR) is 88.0 cm³/mol. The molecule has 1 atom stereocenters. The van der Waals surface area contributed by atoms with Gasteiger partial charge in [-0.3, -0.25) is 4.79 Å². The predicted octanol–water partition coefficient (Wildman–Crippen LogP) is 4.17. The Bertz CT molecular complexity index is 380. The molecule has 0 aliphatic heterocycles. The molecule has 122 valence electrons. The lowest BCUT2D eigenvalue weighted by atomic mass is 10.1. The van der Waals surface area contributed by atoms with Crippen LogP contribution in [0.1, 0.15) is 53.4 Å². The van der Waals surface area contributed by atoms with Crippen molar-refractivity contribution in [2.45, 2.75) is 77.6 Å². The Hall–Kier alpha value is -0.943. The van der Waals surface area contributed by atoms with Crippen LogP contribution >= 0.6 is 0 Å². The third-order valence-corrected chi connectivity index (χ3v) is 8.51. The van der Waals surface area contributed by atoms with Crippen molar-refractivity contribution in [2.75, 3.05) is 0 Å². The molecule has 4 nitrogen and oxygen atoms in total. The molecule has 0 aliphatic carbocycles. The van der Waals surface area contributed by atoms with Crippen molar-refractivity contribution >= 4 is 20.1 Å². The molecule has 0 radical (unpaired) electrons. The van der Waals surface area contributed by atoms with E-state index in [1.807, 2.05) is 0 Å². The molecule has 0 aromatic rings. The van der Waals surface area contributed by atoms with Gasteiger partial charge in [0.25, 0.3) is 0 Å². The Balaban J connectivity index is 4.97. The second-order valence-corrected chi connectivity index (χ2v) is 11.7. The van der Waals surface area contributed by atoms with E-state index < -0.39 is 20.4 Å². The Labute approximate surface area is 129 Å². The fourth-order valence-corrected chi connectivity index (χ4v) is 2.93. The maximum Gasteiger partial charge on any atom is 0.328 e. The maximum absolute atomic E-state index is 12.2. The summed E-state index contributed by atoms with van der Waals surface area (Å²) in [6, 6.07) is 0. The van der Waals surface area contributed by atoms with E-state index in [1.54, 1.807) is 0 Å². The number of hydrogen-bond donors (Lipinski definition) is 1. The molecule has 21 heavy (non-hydrogen) atoms. The maximum atomic E-state index is 12.2. The number of carbonyl (C=O) groups is 2. The number of ketones is 1. The highest BCUT2D eigenvalue weighted by Crippen LogP contribution is 2.37. The smallest absolute Gasteiger partial charge is 0.328 e. The number of unbranched alkanes of at least 4 members (excludes halogenated alkanes) is 2. The van der Waals surface area contributed by atoms with E-state index in [0.717, 1.165) is 31.4 Å². The first kappa shape index (κ1) is 20.1. The van der Waals surface area contributed by atoms with Crippen molar-refractivity contribution in [3.63, 3.8) is 0 Å². The summed E-state index contributed by atoms with van der Waals surface area (Å²) >= 11 is 0. The zero-order valence-corrected chi connectivity index (χ0v) is 15.2. The summed E-state index contributed by atoms with van der Waals surface area (Å²) in [6.45, 7) is 12.7. The number of carbonyl (C=O) groups excluding carboxylic acids is 1. The SMILES string of the molecule is CCCCC[C@@H](O[Si](C)(C)C(C)(C)C)C(=O)/C=C/C(=O)O. The molecule has 0 heterocycles. The number of rotatable bonds is 9. The summed E-state index contributed by atoms with van der Waals surface area (Å²) in [5.41, 5.74) is 0. The summed E-state index contributed by atoms with van der Waals surface area (Å²) in [7, 11) is -2.05. The van der Waals surface area contributed by atoms with Crippen molar-refractivity contribution in [1.82, 2.24) is 0 Å². The molecular formula is C16H30O4Si. The van der Waals surface area contributed by atoms with Gasteiger partial charge in [-0.25, -0.2) is 4.79 Å². The molecule has 0 fully saturated rings. The van der Waals surface area contributed by atoms with Gasteiger partial charge in [0.15, 0.2) is 14.1 Å². The van der Waals surface area contributed by atoms with Gasteiger partial charge in [0.2, 0.25) is 0 Å². The molecule has 5 heteroatoms. The van der Waals surface area contributed by atoms with E-state index in [1.165, 1.54) is 0 Å². The van der Waals surface area contributed by atoms with Crippen LogP contribution in [0.5, 0.6) is 0 Å². The first-order chi connectivity index (χ1) is 9.51. The van der Waals surface area contributed by atoms with Crippen molar-refractivity contribution < 1.29 is 19.1 Å². The topological polar surface area (TPSA) is 63.6 Å². The average molecular weight is 314 g/mol. The molecule has 0 aromatic carbocycles. The average Bonchev–Trinajstić information content (AvgIpc) is 2.33. The summed E-state index contributed by atoms with van der Waals surface area (Å²) in [5, 5.41) is 8.67. The number of hydrogen-bond acceptors (Lipinski definition) is 3. The summed E-state index contributed by atoms with van der Waals surface area (Å²) in [6.07, 6.45) is 5.20. The molecule has 0 saturated heterocycles. The van der Waals surface area contributed by atoms with E-state index in [2.05, 4.69) is 40.8 Å². The second-order valence-electron chi connectivity index (χ2n) is 6.94. The molecular weight excluding hydrogens is 284 g/mol. The van der Waals surface area contributed by atoms with Crippen LogP contribution in [-0.4, -0.2) is 31.3 Å². The third kappa shape index (κ3) is 7.57. The molecule has 0 saturated carbocycles. The monoisotopic (exact) mass is 314 g/mol. The fraction of sp³-hybridized carbons (Fsp3) is 0.750. The minimum atomic E-state index is -2.05. The van der Waals surface area contributed by atoms with Crippen molar-refractivity contribution in [3.05, 3.63) is 12.2 Å². The highest BCUT2D eigenvalue weighted by molar-refractivity contribution is 6.74. The van der Waals surface area contributed by atoms with Crippen LogP contribution in [0.25, 0.3) is 0 Å². The lowest BCUT2D eigenvalue weighted by Crippen LogP contribution is -2.45. The van der Waals surface area contributed by atoms with E-state index in [4.69, 9.17) is 9.53 Å². The lowest BCUT2D eigenvalue weighted by Gasteiger charge is -2.38. The number of carboxylic acids is 1. The minimum absolute atomic E-state index is 0.0206. The quantitative estimate of drug-likeness (QED) is 0.394. The molecule has 1 N–H and O–H groups in total. The summed E-state index contributed by atoms with van der Waals surface area (Å²) < 4.78 is 6.19. The Kier molecular flexibility index (Phi) is 8.11. The van der Waals surface area contributed by atoms with Gasteiger partial charge >= 0.3 is 5.97 Å². The van der Waals surface area contributed by atoms with Crippen LogP contribution < -0.4 is 0 Å². The Morgan fingerprint density at radius 2 is 1.76 bits per heavy atom. The Morgan fingerprint density at radius 3 is 2.19 bits per heavy atom. The van der Waals surface area contributed by atoms with E-state index >= 15 is 0 Å². The van der Waals surface area contributed by atoms with Gasteiger partial charge in [0, 0.05) is 6.08 Å². The first-order valence-electron chi connectivity index (χ1n) is 7.64. The van der Waals surface area contributed by atoms with Gasteiger partial charge in [-0.2, -0.15) is 0 Å². The van der Waals surface area contributed by atoms with Crippen LogP contribution in [0.4, 0.5) is 0 Å². The summed E-state index contributed by atoms with van der Waals surface area (Å²) in [5.74, 6) is -1.35. The molecule has 0 amide bonds. The van der Waals surface area contributed by atoms with Gasteiger partial charge in [-0.05, 0) is 30.6 Å². The summed E-state index contributed by atoms with van der Waals surface area (Å²) in [4.78, 5) is 22.8. The highest BCUT2D eigenvalue weighted by atomic mass is 28.4. The zero-order valence-electron chi connectivity index (χ0n) is 14.2. The highest BCUT2D eigenvalue weighted by Gasteiger charge is 2.40. The number of aliphatic carboxylic acids is 1. The second kappa shape index (κ2) is 8.49. The van der Waals surface area contributed by atoms with Crippen LogP contribution in [0.3, 0.4) is 0 Å². The van der Waals surface area contributed by atoms with Crippen LogP contribution in [0.2, 0.25) is 18.1 Å². The van der Waals surface area contributed by atoms with Crippen molar-refractivity contribution in [3.8, 4) is 0 Å². The fourth-order valence-electron chi connectivity index (χ4n) is 1.63. The molecule has 0 aliphatic rings. The van der Waals surface area contributed by atoms with Gasteiger partial charge in [-0.1, -0.05) is 47.0 Å². The van der Waals surface area contributed by atoms with E-state index in [9.17, 15) is 9.59 Å². The standard InChI is InChI=1S/C16H30O4Si/c1-7-8-9-10-14(13(17)11-12-15(18)19)20-21(5,6)16(2,3)4/h11-12,14H,7-10H2,1-6H3,(H,18,19)/b12-11+/t14-/m1/s1. The van der Waals surface area contributed by atoms with Crippen LogP contribution in [0, 0.1) is 0 Å². The van der Waals surface area contributed by atoms with E-state index in [0.29, 0.717) is 6.42 Å². The normalized spacial score (nSPS) is 14.4. The van der Waals surface area contributed by atoms with Crippen molar-refractivity contribution in [1.29, 1.82) is 0 Å². The molecule has 0 bridgehead atoms. The van der Waals surface area contributed by atoms with Gasteiger partial charge in [0.05, 0.1) is 0 Å². The zero-order chi connectivity index (χ0) is 16.7. The molecule has 0 aromatic heterocycles. The first-order valence-corrected chi connectivity index (χ1v) is 10.5. The van der Waals surface area contributed by atoms with Crippen LogP contribution in [0.15, 0.2) is 12.2 Å². The molecule has 0 rings (SSSR count). The number of carboxylic acid groups (broad SMARTS) is 1. The third-order valence-electron chi connectivity index (χ3n) is 4.02. The molecule has 0 unspecified atom stereocenters. The largest absolute Gasteiger partial charge is 0.478 e. The van der Waals surface area contributed by atoms with Crippen LogP contribution in [-0.2, 0) is 14.0 Å². The Morgan fingerprint density at radius 1 is 1.19 bits per heavy atom. The van der Waals surface area contributed by atoms with Gasteiger partial charge < -0.3 is 9.53 Å². The lowest BCUT2D eigenvalue weighted by molar-refractivity contribution is -0.132. The van der Waals surface area contributed by atoms with Gasteiger partial charge in [-0.15, -0.1) is 0 Å². The van der Waals surface area contributed by atoms with E-state index in [-0.39, 0.29) is 10.8 Å².